The van der Waals surface area contributed by atoms with Crippen LogP contribution in [0.15, 0.2) is 29.4 Å². The first-order valence-electron chi connectivity index (χ1n) is 8.83. The molecule has 1 saturated heterocycles. The molecule has 3 aromatic heterocycles. The maximum Gasteiger partial charge on any atom is 0.230 e. The second kappa shape index (κ2) is 7.17. The van der Waals surface area contributed by atoms with Crippen LogP contribution in [-0.4, -0.2) is 61.4 Å². The van der Waals surface area contributed by atoms with Gasteiger partial charge in [-0.1, -0.05) is 30.0 Å². The molecule has 0 bridgehead atoms. The molecule has 0 spiro atoms. The van der Waals surface area contributed by atoms with Crippen LogP contribution in [0.3, 0.4) is 0 Å². The second-order valence-corrected chi connectivity index (χ2v) is 7.20. The van der Waals surface area contributed by atoms with Crippen LogP contribution >= 0.6 is 11.8 Å². The van der Waals surface area contributed by atoms with Crippen LogP contribution in [0.1, 0.15) is 5.82 Å². The highest BCUT2D eigenvalue weighted by atomic mass is 32.2. The number of aromatic nitrogens is 7. The highest BCUT2D eigenvalue weighted by Crippen LogP contribution is 2.24. The zero-order valence-corrected chi connectivity index (χ0v) is 15.7. The number of nitrogens with two attached hydrogens (primary N) is 1. The molecule has 3 N–H and O–H groups in total. The smallest absolute Gasteiger partial charge is 0.230 e. The molecule has 142 valence electrons. The zero-order chi connectivity index (χ0) is 18.9. The van der Waals surface area contributed by atoms with Crippen molar-refractivity contribution in [3.63, 3.8) is 0 Å². The van der Waals surface area contributed by atoms with Gasteiger partial charge in [-0.3, -0.25) is 0 Å². The number of ether oxygens (including phenoxy) is 1. The molecule has 1 fully saturated rings. The number of anilines is 2. The van der Waals surface area contributed by atoms with E-state index in [9.17, 15) is 0 Å². The number of para-hydroxylation sites is 1. The number of nitrogens with one attached hydrogen (secondary N) is 1. The van der Waals surface area contributed by atoms with E-state index >= 15 is 0 Å². The first-order chi connectivity index (χ1) is 13.8. The molecular weight excluding hydrogens is 378 g/mol. The van der Waals surface area contributed by atoms with Gasteiger partial charge in [0.1, 0.15) is 11.3 Å². The van der Waals surface area contributed by atoms with E-state index in [2.05, 4.69) is 35.1 Å². The van der Waals surface area contributed by atoms with Crippen molar-refractivity contribution in [3.05, 3.63) is 30.1 Å². The molecule has 0 saturated carbocycles. The Morgan fingerprint density at radius 1 is 1.07 bits per heavy atom. The minimum Gasteiger partial charge on any atom is -0.378 e. The van der Waals surface area contributed by atoms with Gasteiger partial charge in [0.2, 0.25) is 17.1 Å². The highest BCUT2D eigenvalue weighted by molar-refractivity contribution is 7.98. The first kappa shape index (κ1) is 17.1. The molecule has 11 heteroatoms. The van der Waals surface area contributed by atoms with Gasteiger partial charge in [-0.25, -0.2) is 4.98 Å². The third-order valence-electron chi connectivity index (χ3n) is 4.41. The van der Waals surface area contributed by atoms with E-state index in [1.807, 2.05) is 29.2 Å². The van der Waals surface area contributed by atoms with E-state index in [1.54, 1.807) is 0 Å². The molecular formula is C17H17N9OS. The largest absolute Gasteiger partial charge is 0.378 e. The number of rotatable bonds is 4. The number of thioether (sulfide) groups is 1. The predicted octanol–water partition coefficient (Wildman–Crippen LogP) is 1.40. The molecule has 10 nitrogen and oxygen atoms in total. The standard InChI is InChI=1S/C17H17N9OS/c18-15-20-12(21-16(23-15)26-5-7-27-8-6-26)9-28-17-22-14-13(24-25-17)10-3-1-2-4-11(10)19-14/h1-4H,5-9H2,(H,19,22,25)(H2,18,20,21,23). The fourth-order valence-corrected chi connectivity index (χ4v) is 3.73. The van der Waals surface area contributed by atoms with Gasteiger partial charge in [-0.15, -0.1) is 10.2 Å². The van der Waals surface area contributed by atoms with Crippen molar-refractivity contribution in [3.8, 4) is 0 Å². The van der Waals surface area contributed by atoms with Gasteiger partial charge in [0.15, 0.2) is 5.65 Å². The molecule has 1 aliphatic heterocycles. The number of hydrogen-bond donors (Lipinski definition) is 2. The van der Waals surface area contributed by atoms with Crippen LogP contribution in [0.25, 0.3) is 22.1 Å². The molecule has 0 amide bonds. The Morgan fingerprint density at radius 3 is 2.82 bits per heavy atom. The summed E-state index contributed by atoms with van der Waals surface area (Å²) in [4.78, 5) is 22.9. The van der Waals surface area contributed by atoms with Crippen LogP contribution in [0.2, 0.25) is 0 Å². The van der Waals surface area contributed by atoms with E-state index in [1.165, 1.54) is 11.8 Å². The van der Waals surface area contributed by atoms with Crippen LogP contribution < -0.4 is 10.6 Å². The molecule has 1 aliphatic rings. The number of fused-ring (bicyclic) bond motifs is 3. The number of hydrogen-bond acceptors (Lipinski definition) is 10. The SMILES string of the molecule is Nc1nc(CSc2nnc3c(n2)[nH]c2ccccc23)nc(N2CCOCC2)n1. The van der Waals surface area contributed by atoms with Crippen molar-refractivity contribution < 1.29 is 4.74 Å². The lowest BCUT2D eigenvalue weighted by molar-refractivity contribution is 0.122. The Balaban J connectivity index is 1.37. The molecule has 4 aromatic rings. The summed E-state index contributed by atoms with van der Waals surface area (Å²) in [6.07, 6.45) is 0. The topological polar surface area (TPSA) is 132 Å². The van der Waals surface area contributed by atoms with Gasteiger partial charge < -0.3 is 20.4 Å². The summed E-state index contributed by atoms with van der Waals surface area (Å²) in [6, 6.07) is 7.93. The molecule has 0 unspecified atom stereocenters. The van der Waals surface area contributed by atoms with Gasteiger partial charge in [0.25, 0.3) is 0 Å². The fourth-order valence-electron chi connectivity index (χ4n) is 3.09. The third-order valence-corrected chi connectivity index (χ3v) is 5.25. The zero-order valence-electron chi connectivity index (χ0n) is 14.9. The first-order valence-corrected chi connectivity index (χ1v) is 9.82. The summed E-state index contributed by atoms with van der Waals surface area (Å²) in [7, 11) is 0. The number of nitrogen functional groups attached to an aromatic ring is 1. The number of H-pyrrole nitrogens is 1. The summed E-state index contributed by atoms with van der Waals surface area (Å²) in [6.45, 7) is 2.78. The average Bonchev–Trinajstić information content (AvgIpc) is 3.10. The van der Waals surface area contributed by atoms with Crippen molar-refractivity contribution in [1.29, 1.82) is 0 Å². The number of benzene rings is 1. The Bertz CT molecular complexity index is 1140. The molecule has 4 heterocycles. The average molecular weight is 395 g/mol. The summed E-state index contributed by atoms with van der Waals surface area (Å²) in [5.74, 6) is 1.84. The van der Waals surface area contributed by atoms with Gasteiger partial charge in [-0.05, 0) is 6.07 Å². The number of morpholine rings is 1. The monoisotopic (exact) mass is 395 g/mol. The Labute approximate surface area is 164 Å². The lowest BCUT2D eigenvalue weighted by atomic mass is 10.2. The number of nitrogens with zero attached hydrogens (tertiary/aromatic N) is 7. The van der Waals surface area contributed by atoms with Crippen molar-refractivity contribution >= 4 is 45.7 Å². The minimum atomic E-state index is 0.206. The summed E-state index contributed by atoms with van der Waals surface area (Å²) < 4.78 is 5.37. The molecule has 1 aromatic carbocycles. The van der Waals surface area contributed by atoms with E-state index in [0.717, 1.165) is 29.5 Å². The third kappa shape index (κ3) is 3.29. The Kier molecular flexibility index (Phi) is 4.37. The van der Waals surface area contributed by atoms with E-state index in [-0.39, 0.29) is 5.95 Å². The van der Waals surface area contributed by atoms with Crippen LogP contribution in [-0.2, 0) is 10.5 Å². The highest BCUT2D eigenvalue weighted by Gasteiger charge is 2.16. The van der Waals surface area contributed by atoms with Crippen LogP contribution in [0, 0.1) is 0 Å². The van der Waals surface area contributed by atoms with Gasteiger partial charge in [0, 0.05) is 24.0 Å². The molecule has 0 atom stereocenters. The molecule has 5 rings (SSSR count). The maximum absolute atomic E-state index is 5.87. The summed E-state index contributed by atoms with van der Waals surface area (Å²) >= 11 is 1.41. The number of aromatic amines is 1. The maximum atomic E-state index is 5.87. The van der Waals surface area contributed by atoms with Gasteiger partial charge in [-0.2, -0.15) is 15.0 Å². The predicted molar refractivity (Wildman–Crippen MR) is 106 cm³/mol. The quantitative estimate of drug-likeness (QED) is 0.489. The van der Waals surface area contributed by atoms with E-state index in [4.69, 9.17) is 10.5 Å². The lowest BCUT2D eigenvalue weighted by Crippen LogP contribution is -2.37. The van der Waals surface area contributed by atoms with E-state index in [0.29, 0.717) is 41.5 Å². The summed E-state index contributed by atoms with van der Waals surface area (Å²) in [5.41, 5.74) is 8.34. The Hall–Kier alpha value is -3.05. The van der Waals surface area contributed by atoms with E-state index < -0.39 is 0 Å². The van der Waals surface area contributed by atoms with Crippen molar-refractivity contribution in [2.75, 3.05) is 36.9 Å². The molecule has 0 radical (unpaired) electrons. The van der Waals surface area contributed by atoms with Crippen molar-refractivity contribution in [1.82, 2.24) is 35.1 Å². The second-order valence-electron chi connectivity index (χ2n) is 6.26. The normalized spacial score (nSPS) is 14.8. The van der Waals surface area contributed by atoms with Crippen LogP contribution in [0.5, 0.6) is 0 Å². The van der Waals surface area contributed by atoms with Gasteiger partial charge in [0.05, 0.1) is 19.0 Å². The molecule has 28 heavy (non-hydrogen) atoms. The van der Waals surface area contributed by atoms with Crippen molar-refractivity contribution in [2.45, 2.75) is 10.9 Å². The Morgan fingerprint density at radius 2 is 1.93 bits per heavy atom. The lowest BCUT2D eigenvalue weighted by Gasteiger charge is -2.26. The fraction of sp³-hybridized carbons (Fsp3) is 0.294. The van der Waals surface area contributed by atoms with Crippen LogP contribution in [0.4, 0.5) is 11.9 Å². The van der Waals surface area contributed by atoms with Gasteiger partial charge >= 0.3 is 0 Å². The minimum absolute atomic E-state index is 0.206. The summed E-state index contributed by atoms with van der Waals surface area (Å²) in [5, 5.41) is 10.1. The molecule has 0 aliphatic carbocycles. The van der Waals surface area contributed by atoms with Crippen molar-refractivity contribution in [2.24, 2.45) is 0 Å².